The summed E-state index contributed by atoms with van der Waals surface area (Å²) in [6.07, 6.45) is 1.14. The van der Waals surface area contributed by atoms with E-state index >= 15 is 0 Å². The second kappa shape index (κ2) is 7.93. The summed E-state index contributed by atoms with van der Waals surface area (Å²) >= 11 is 1.40. The monoisotopic (exact) mass is 403 g/mol. The van der Waals surface area contributed by atoms with Gasteiger partial charge in [0.05, 0.1) is 10.6 Å². The fraction of sp³-hybridized carbons (Fsp3) is 0.167. The molecule has 0 saturated carbocycles. The van der Waals surface area contributed by atoms with Crippen LogP contribution in [0.15, 0.2) is 62.7 Å². The van der Waals surface area contributed by atoms with E-state index in [-0.39, 0.29) is 28.5 Å². The largest absolute Gasteiger partial charge is 0.403 e. The molecular formula is C18H17N3O4S2. The summed E-state index contributed by atoms with van der Waals surface area (Å²) in [5, 5.41) is 10.2. The third-order valence-electron chi connectivity index (χ3n) is 3.59. The van der Waals surface area contributed by atoms with Crippen LogP contribution in [0.5, 0.6) is 0 Å². The van der Waals surface area contributed by atoms with E-state index in [4.69, 9.17) is 4.42 Å². The van der Waals surface area contributed by atoms with Crippen LogP contribution in [-0.4, -0.2) is 36.5 Å². The molecular weight excluding hydrogens is 386 g/mol. The number of amides is 1. The number of benzene rings is 2. The molecule has 0 unspecified atom stereocenters. The van der Waals surface area contributed by atoms with Gasteiger partial charge in [-0.1, -0.05) is 22.8 Å². The number of hydrogen-bond acceptors (Lipinski definition) is 7. The number of sulfone groups is 1. The molecule has 3 rings (SSSR count). The first-order chi connectivity index (χ1) is 12.8. The van der Waals surface area contributed by atoms with Crippen molar-refractivity contribution >= 4 is 33.5 Å². The summed E-state index contributed by atoms with van der Waals surface area (Å²) in [4.78, 5) is 13.2. The average Bonchev–Trinajstić information content (AvgIpc) is 3.09. The van der Waals surface area contributed by atoms with Gasteiger partial charge in [0.25, 0.3) is 0 Å². The maximum absolute atomic E-state index is 12.0. The van der Waals surface area contributed by atoms with Crippen molar-refractivity contribution in [1.82, 2.24) is 10.2 Å². The van der Waals surface area contributed by atoms with Gasteiger partial charge in [0, 0.05) is 16.7 Å². The molecule has 0 radical (unpaired) electrons. The number of nitrogens with one attached hydrogen (secondary N) is 1. The van der Waals surface area contributed by atoms with Gasteiger partial charge in [0.1, 0.15) is 0 Å². The van der Waals surface area contributed by atoms with Crippen molar-refractivity contribution < 1.29 is 17.6 Å². The topological polar surface area (TPSA) is 102 Å². The molecule has 0 aliphatic carbocycles. The Morgan fingerprint density at radius 1 is 1.07 bits per heavy atom. The van der Waals surface area contributed by atoms with E-state index in [1.54, 1.807) is 12.1 Å². The van der Waals surface area contributed by atoms with Crippen molar-refractivity contribution in [1.29, 1.82) is 0 Å². The Hall–Kier alpha value is -2.65. The van der Waals surface area contributed by atoms with Crippen LogP contribution >= 0.6 is 11.8 Å². The molecule has 2 aromatic carbocycles. The van der Waals surface area contributed by atoms with Crippen molar-refractivity contribution in [3.8, 4) is 11.5 Å². The van der Waals surface area contributed by atoms with E-state index < -0.39 is 9.84 Å². The van der Waals surface area contributed by atoms with Crippen molar-refractivity contribution in [2.24, 2.45) is 0 Å². The summed E-state index contributed by atoms with van der Waals surface area (Å²) in [6, 6.07) is 13.9. The lowest BCUT2D eigenvalue weighted by Gasteiger charge is -2.02. The molecule has 3 aromatic rings. The molecule has 0 aliphatic rings. The Bertz CT molecular complexity index is 1040. The first-order valence-electron chi connectivity index (χ1n) is 7.94. The van der Waals surface area contributed by atoms with Gasteiger partial charge in [0.15, 0.2) is 9.84 Å². The van der Waals surface area contributed by atoms with Gasteiger partial charge in [-0.25, -0.2) is 8.42 Å². The molecule has 1 aromatic heterocycles. The Balaban J connectivity index is 1.60. The summed E-state index contributed by atoms with van der Waals surface area (Å²) < 4.78 is 28.4. The van der Waals surface area contributed by atoms with Crippen LogP contribution in [0, 0.1) is 6.92 Å². The lowest BCUT2D eigenvalue weighted by molar-refractivity contribution is -0.113. The lowest BCUT2D eigenvalue weighted by atomic mass is 10.2. The first kappa shape index (κ1) is 19.1. The van der Waals surface area contributed by atoms with Gasteiger partial charge < -0.3 is 4.42 Å². The number of hydrogen-bond donors (Lipinski definition) is 1. The standard InChI is InChI=1S/C18H17N3O4S2/c1-12-3-7-14(8-4-12)26-11-16(22)19-18-21-20-17(25-18)13-5-9-15(10-6-13)27(2,23)24/h3-10H,11H2,1-2H3,(H,19,21,22). The zero-order chi connectivity index (χ0) is 19.4. The number of aromatic nitrogens is 2. The molecule has 1 heterocycles. The Morgan fingerprint density at radius 2 is 1.74 bits per heavy atom. The number of rotatable bonds is 6. The van der Waals surface area contributed by atoms with Crippen LogP contribution < -0.4 is 5.32 Å². The quantitative estimate of drug-likeness (QED) is 0.631. The van der Waals surface area contributed by atoms with Crippen molar-refractivity contribution in [2.75, 3.05) is 17.3 Å². The second-order valence-corrected chi connectivity index (χ2v) is 8.92. The van der Waals surface area contributed by atoms with Crippen LogP contribution in [0.25, 0.3) is 11.5 Å². The minimum Gasteiger partial charge on any atom is -0.403 e. The van der Waals surface area contributed by atoms with Crippen molar-refractivity contribution in [2.45, 2.75) is 16.7 Å². The minimum atomic E-state index is -3.27. The third kappa shape index (κ3) is 5.18. The highest BCUT2D eigenvalue weighted by Crippen LogP contribution is 2.22. The van der Waals surface area contributed by atoms with E-state index in [0.29, 0.717) is 5.56 Å². The fourth-order valence-electron chi connectivity index (χ4n) is 2.17. The molecule has 1 amide bonds. The highest BCUT2D eigenvalue weighted by Gasteiger charge is 2.13. The Labute approximate surface area is 161 Å². The summed E-state index contributed by atoms with van der Waals surface area (Å²) in [6.45, 7) is 2.00. The van der Waals surface area contributed by atoms with E-state index in [2.05, 4.69) is 15.5 Å². The fourth-order valence-corrected chi connectivity index (χ4v) is 3.50. The molecule has 27 heavy (non-hydrogen) atoms. The van der Waals surface area contributed by atoms with E-state index in [0.717, 1.165) is 16.7 Å². The lowest BCUT2D eigenvalue weighted by Crippen LogP contribution is -2.14. The molecule has 140 valence electrons. The zero-order valence-electron chi connectivity index (χ0n) is 14.7. The van der Waals surface area contributed by atoms with Crippen LogP contribution in [0.2, 0.25) is 0 Å². The van der Waals surface area contributed by atoms with Crippen LogP contribution in [0.3, 0.4) is 0 Å². The van der Waals surface area contributed by atoms with Gasteiger partial charge in [-0.3, -0.25) is 10.1 Å². The zero-order valence-corrected chi connectivity index (χ0v) is 16.3. The first-order valence-corrected chi connectivity index (χ1v) is 10.8. The maximum Gasteiger partial charge on any atom is 0.322 e. The molecule has 0 spiro atoms. The smallest absolute Gasteiger partial charge is 0.322 e. The number of nitrogens with zero attached hydrogens (tertiary/aromatic N) is 2. The number of anilines is 1. The highest BCUT2D eigenvalue weighted by atomic mass is 32.2. The molecule has 0 bridgehead atoms. The van der Waals surface area contributed by atoms with Crippen molar-refractivity contribution in [3.63, 3.8) is 0 Å². The van der Waals surface area contributed by atoms with Gasteiger partial charge in [-0.05, 0) is 43.3 Å². The summed E-state index contributed by atoms with van der Waals surface area (Å²) in [5.74, 6) is 0.142. The van der Waals surface area contributed by atoms with Gasteiger partial charge in [-0.15, -0.1) is 16.9 Å². The van der Waals surface area contributed by atoms with Crippen LogP contribution in [0.1, 0.15) is 5.56 Å². The molecule has 1 N–H and O–H groups in total. The Kier molecular flexibility index (Phi) is 5.62. The number of aryl methyl sites for hydroxylation is 1. The maximum atomic E-state index is 12.0. The molecule has 0 fully saturated rings. The SMILES string of the molecule is Cc1ccc(SCC(=O)Nc2nnc(-c3ccc(S(C)(=O)=O)cc3)o2)cc1. The molecule has 0 aliphatic heterocycles. The van der Waals surface area contributed by atoms with Crippen LogP contribution in [-0.2, 0) is 14.6 Å². The summed E-state index contributed by atoms with van der Waals surface area (Å²) in [7, 11) is -3.27. The molecule has 7 nitrogen and oxygen atoms in total. The van der Waals surface area contributed by atoms with Crippen molar-refractivity contribution in [3.05, 3.63) is 54.1 Å². The normalized spacial score (nSPS) is 11.3. The van der Waals surface area contributed by atoms with E-state index in [1.807, 2.05) is 31.2 Å². The van der Waals surface area contributed by atoms with Gasteiger partial charge in [0.2, 0.25) is 11.8 Å². The molecule has 9 heteroatoms. The van der Waals surface area contributed by atoms with Crippen LogP contribution in [0.4, 0.5) is 6.01 Å². The number of thioether (sulfide) groups is 1. The highest BCUT2D eigenvalue weighted by molar-refractivity contribution is 8.00. The average molecular weight is 403 g/mol. The second-order valence-electron chi connectivity index (χ2n) is 5.86. The minimum absolute atomic E-state index is 0.00769. The van der Waals surface area contributed by atoms with Gasteiger partial charge >= 0.3 is 6.01 Å². The van der Waals surface area contributed by atoms with E-state index in [9.17, 15) is 13.2 Å². The molecule has 0 atom stereocenters. The third-order valence-corrected chi connectivity index (χ3v) is 5.73. The predicted molar refractivity (Wildman–Crippen MR) is 103 cm³/mol. The number of carbonyl (C=O) groups is 1. The Morgan fingerprint density at radius 3 is 2.37 bits per heavy atom. The predicted octanol–water partition coefficient (Wildman–Crippen LogP) is 3.18. The molecule has 0 saturated heterocycles. The number of carbonyl (C=O) groups excluding carboxylic acids is 1. The van der Waals surface area contributed by atoms with Gasteiger partial charge in [-0.2, -0.15) is 0 Å². The summed E-state index contributed by atoms with van der Waals surface area (Å²) in [5.41, 5.74) is 1.72. The van der Waals surface area contributed by atoms with E-state index in [1.165, 1.54) is 23.9 Å².